The van der Waals surface area contributed by atoms with Crippen molar-refractivity contribution >= 4 is 22.2 Å². The van der Waals surface area contributed by atoms with Crippen LogP contribution in [0.2, 0.25) is 0 Å². The third-order valence-corrected chi connectivity index (χ3v) is 4.46. The topological polar surface area (TPSA) is 29.9 Å². The van der Waals surface area contributed by atoms with Crippen LogP contribution in [0.4, 0.5) is 0 Å². The fourth-order valence-corrected chi connectivity index (χ4v) is 3.47. The van der Waals surface area contributed by atoms with Gasteiger partial charge in [-0.2, -0.15) is 5.10 Å². The van der Waals surface area contributed by atoms with Crippen LogP contribution in [-0.4, -0.2) is 16.8 Å². The Morgan fingerprint density at radius 3 is 2.68 bits per heavy atom. The highest BCUT2D eigenvalue weighted by Crippen LogP contribution is 2.31. The van der Waals surface area contributed by atoms with Gasteiger partial charge in [-0.1, -0.05) is 18.2 Å². The minimum atomic E-state index is 0.157. The van der Waals surface area contributed by atoms with E-state index in [1.54, 1.807) is 0 Å². The average molecular weight is 271 g/mol. The van der Waals surface area contributed by atoms with E-state index < -0.39 is 0 Å². The number of aryl methyl sites for hydroxylation is 2. The van der Waals surface area contributed by atoms with E-state index in [1.165, 1.54) is 20.7 Å². The highest BCUT2D eigenvalue weighted by Gasteiger charge is 2.20. The summed E-state index contributed by atoms with van der Waals surface area (Å²) >= 11 is 1.82. The van der Waals surface area contributed by atoms with Gasteiger partial charge < -0.3 is 5.32 Å². The van der Waals surface area contributed by atoms with Gasteiger partial charge in [0.05, 0.1) is 17.3 Å². The van der Waals surface area contributed by atoms with Gasteiger partial charge in [-0.15, -0.1) is 11.3 Å². The molecule has 1 aromatic carbocycles. The summed E-state index contributed by atoms with van der Waals surface area (Å²) in [5.41, 5.74) is 2.27. The molecule has 0 bridgehead atoms. The molecule has 98 valence electrons. The summed E-state index contributed by atoms with van der Waals surface area (Å²) in [5, 5.41) is 9.31. The Labute approximate surface area is 116 Å². The van der Waals surface area contributed by atoms with E-state index in [9.17, 15) is 0 Å². The number of thiophene rings is 1. The summed E-state index contributed by atoms with van der Waals surface area (Å²) in [6.45, 7) is 2.14. The first-order valence-corrected chi connectivity index (χ1v) is 7.17. The van der Waals surface area contributed by atoms with Gasteiger partial charge in [-0.3, -0.25) is 4.68 Å². The van der Waals surface area contributed by atoms with Crippen LogP contribution < -0.4 is 5.32 Å². The quantitative estimate of drug-likeness (QED) is 0.792. The maximum Gasteiger partial charge on any atom is 0.0926 e. The first kappa shape index (κ1) is 12.4. The van der Waals surface area contributed by atoms with Gasteiger partial charge in [0.1, 0.15) is 0 Å². The van der Waals surface area contributed by atoms with Crippen LogP contribution in [0.3, 0.4) is 0 Å². The van der Waals surface area contributed by atoms with Gasteiger partial charge in [0.2, 0.25) is 0 Å². The minimum absolute atomic E-state index is 0.157. The molecule has 0 fully saturated rings. The zero-order valence-electron chi connectivity index (χ0n) is 11.3. The second-order valence-corrected chi connectivity index (χ2v) is 6.02. The predicted molar refractivity (Wildman–Crippen MR) is 80.7 cm³/mol. The molecule has 3 rings (SSSR count). The number of nitrogens with zero attached hydrogens (tertiary/aromatic N) is 2. The molecule has 1 N–H and O–H groups in total. The highest BCUT2D eigenvalue weighted by atomic mass is 32.1. The summed E-state index contributed by atoms with van der Waals surface area (Å²) < 4.78 is 1.95. The van der Waals surface area contributed by atoms with Crippen molar-refractivity contribution in [3.63, 3.8) is 0 Å². The molecule has 4 heteroatoms. The Kier molecular flexibility index (Phi) is 3.12. The fraction of sp³-hybridized carbons (Fsp3) is 0.267. The van der Waals surface area contributed by atoms with Crippen molar-refractivity contribution in [3.8, 4) is 0 Å². The lowest BCUT2D eigenvalue weighted by Crippen LogP contribution is -2.17. The van der Waals surface area contributed by atoms with Crippen LogP contribution in [0.15, 0.2) is 36.4 Å². The lowest BCUT2D eigenvalue weighted by atomic mass is 10.1. The number of benzene rings is 1. The summed E-state index contributed by atoms with van der Waals surface area (Å²) in [4.78, 5) is 2.64. The number of rotatable bonds is 3. The van der Waals surface area contributed by atoms with Crippen LogP contribution in [0.5, 0.6) is 0 Å². The fourth-order valence-electron chi connectivity index (χ4n) is 2.48. The van der Waals surface area contributed by atoms with Gasteiger partial charge in [0.25, 0.3) is 0 Å². The average Bonchev–Trinajstić information content (AvgIpc) is 2.97. The van der Waals surface area contributed by atoms with E-state index in [4.69, 9.17) is 5.10 Å². The standard InChI is InChI=1S/C15H17N3S/c1-10-8-9-13(19-10)15(16-2)14-11-6-4-5-7-12(11)18(3)17-14/h4-9,15-16H,1-3H3. The zero-order valence-corrected chi connectivity index (χ0v) is 12.2. The molecule has 2 heterocycles. The van der Waals surface area contributed by atoms with Crippen LogP contribution >= 0.6 is 11.3 Å². The highest BCUT2D eigenvalue weighted by molar-refractivity contribution is 7.12. The van der Waals surface area contributed by atoms with E-state index in [-0.39, 0.29) is 6.04 Å². The van der Waals surface area contributed by atoms with Crippen molar-refractivity contribution in [1.82, 2.24) is 15.1 Å². The molecule has 3 nitrogen and oxygen atoms in total. The molecule has 2 aromatic heterocycles. The zero-order chi connectivity index (χ0) is 13.4. The van der Waals surface area contributed by atoms with Crippen molar-refractivity contribution in [1.29, 1.82) is 0 Å². The first-order chi connectivity index (χ1) is 9.20. The Morgan fingerprint density at radius 1 is 1.21 bits per heavy atom. The lowest BCUT2D eigenvalue weighted by Gasteiger charge is -2.12. The molecule has 0 spiro atoms. The third kappa shape index (κ3) is 2.07. The van der Waals surface area contributed by atoms with Gasteiger partial charge >= 0.3 is 0 Å². The van der Waals surface area contributed by atoms with Crippen molar-refractivity contribution in [2.75, 3.05) is 7.05 Å². The number of para-hydroxylation sites is 1. The third-order valence-electron chi connectivity index (χ3n) is 3.39. The van der Waals surface area contributed by atoms with Crippen LogP contribution in [0.25, 0.3) is 10.9 Å². The van der Waals surface area contributed by atoms with Gasteiger partial charge in [0.15, 0.2) is 0 Å². The van der Waals surface area contributed by atoms with E-state index in [2.05, 4.69) is 48.6 Å². The Morgan fingerprint density at radius 2 is 2.00 bits per heavy atom. The van der Waals surface area contributed by atoms with Crippen molar-refractivity contribution in [2.45, 2.75) is 13.0 Å². The lowest BCUT2D eigenvalue weighted by molar-refractivity contribution is 0.657. The number of hydrogen-bond donors (Lipinski definition) is 1. The second-order valence-electron chi connectivity index (χ2n) is 4.70. The van der Waals surface area contributed by atoms with Crippen LogP contribution in [0.1, 0.15) is 21.5 Å². The second kappa shape index (κ2) is 4.79. The normalized spacial score (nSPS) is 13.0. The number of nitrogens with one attached hydrogen (secondary N) is 1. The van der Waals surface area contributed by atoms with E-state index in [0.717, 1.165) is 5.69 Å². The molecule has 0 aliphatic rings. The first-order valence-electron chi connectivity index (χ1n) is 6.36. The van der Waals surface area contributed by atoms with Crippen molar-refractivity contribution < 1.29 is 0 Å². The predicted octanol–water partition coefficient (Wildman–Crippen LogP) is 3.25. The Bertz CT molecular complexity index is 711. The molecule has 0 aliphatic heterocycles. The van der Waals surface area contributed by atoms with Gasteiger partial charge in [-0.25, -0.2) is 0 Å². The smallest absolute Gasteiger partial charge is 0.0926 e. The van der Waals surface area contributed by atoms with E-state index >= 15 is 0 Å². The molecule has 0 aliphatic carbocycles. The van der Waals surface area contributed by atoms with Crippen molar-refractivity contribution in [3.05, 3.63) is 51.8 Å². The number of fused-ring (bicyclic) bond motifs is 1. The summed E-state index contributed by atoms with van der Waals surface area (Å²) in [7, 11) is 3.99. The molecule has 1 unspecified atom stereocenters. The molecule has 0 saturated heterocycles. The monoisotopic (exact) mass is 271 g/mol. The Hall–Kier alpha value is -1.65. The largest absolute Gasteiger partial charge is 0.307 e. The molecule has 0 saturated carbocycles. The molecule has 1 atom stereocenters. The molecular weight excluding hydrogens is 254 g/mol. The molecule has 19 heavy (non-hydrogen) atoms. The van der Waals surface area contributed by atoms with Crippen molar-refractivity contribution in [2.24, 2.45) is 7.05 Å². The molecular formula is C15H17N3S. The maximum absolute atomic E-state index is 4.71. The molecule has 0 amide bonds. The number of aromatic nitrogens is 2. The van der Waals surface area contributed by atoms with Gasteiger partial charge in [-0.05, 0) is 32.2 Å². The Balaban J connectivity index is 2.16. The van der Waals surface area contributed by atoms with Crippen LogP contribution in [-0.2, 0) is 7.05 Å². The van der Waals surface area contributed by atoms with E-state index in [1.807, 2.05) is 30.1 Å². The maximum atomic E-state index is 4.71. The molecule has 0 radical (unpaired) electrons. The minimum Gasteiger partial charge on any atom is -0.307 e. The van der Waals surface area contributed by atoms with Crippen LogP contribution in [0, 0.1) is 6.92 Å². The van der Waals surface area contributed by atoms with E-state index in [0.29, 0.717) is 0 Å². The summed E-state index contributed by atoms with van der Waals surface area (Å²) in [6, 6.07) is 12.9. The van der Waals surface area contributed by atoms with Gasteiger partial charge in [0, 0.05) is 22.2 Å². The summed E-state index contributed by atoms with van der Waals surface area (Å²) in [5.74, 6) is 0. The SMILES string of the molecule is CNC(c1ccc(C)s1)c1nn(C)c2ccccc12. The summed E-state index contributed by atoms with van der Waals surface area (Å²) in [6.07, 6.45) is 0. The molecule has 3 aromatic rings. The number of hydrogen-bond acceptors (Lipinski definition) is 3.